The van der Waals surface area contributed by atoms with Crippen LogP contribution in [-0.4, -0.2) is 23.5 Å². The van der Waals surface area contributed by atoms with Crippen LogP contribution >= 0.6 is 0 Å². The summed E-state index contributed by atoms with van der Waals surface area (Å²) in [7, 11) is 0. The van der Waals surface area contributed by atoms with E-state index in [2.05, 4.69) is 23.0 Å². The fourth-order valence-corrected chi connectivity index (χ4v) is 1.79. The molecule has 1 aliphatic carbocycles. The summed E-state index contributed by atoms with van der Waals surface area (Å²) in [5.74, 6) is 1.40. The number of hydrogen-bond acceptors (Lipinski definition) is 3. The zero-order valence-electron chi connectivity index (χ0n) is 8.81. The Kier molecular flexibility index (Phi) is 1.97. The molecule has 2 aliphatic rings. The van der Waals surface area contributed by atoms with Gasteiger partial charge in [-0.15, -0.1) is 0 Å². The maximum Gasteiger partial charge on any atom is 0.235 e. The zero-order valence-corrected chi connectivity index (χ0v) is 8.81. The van der Waals surface area contributed by atoms with E-state index in [0.29, 0.717) is 18.4 Å². The van der Waals surface area contributed by atoms with Crippen LogP contribution in [0.15, 0.2) is 23.2 Å². The Morgan fingerprint density at radius 3 is 2.87 bits per heavy atom. The number of ether oxygens (including phenoxy) is 1. The van der Waals surface area contributed by atoms with Gasteiger partial charge in [-0.2, -0.15) is 0 Å². The van der Waals surface area contributed by atoms with Gasteiger partial charge in [0, 0.05) is 11.6 Å². The van der Waals surface area contributed by atoms with Crippen molar-refractivity contribution in [3.63, 3.8) is 0 Å². The maximum atomic E-state index is 5.49. The van der Waals surface area contributed by atoms with Gasteiger partial charge in [-0.05, 0) is 31.9 Å². The minimum atomic E-state index is 0.270. The van der Waals surface area contributed by atoms with E-state index in [1.54, 1.807) is 0 Å². The van der Waals surface area contributed by atoms with E-state index >= 15 is 0 Å². The van der Waals surface area contributed by atoms with Crippen molar-refractivity contribution in [2.24, 2.45) is 4.99 Å². The Morgan fingerprint density at radius 1 is 1.33 bits per heavy atom. The molecule has 0 saturated heterocycles. The lowest BCUT2D eigenvalue weighted by atomic mass is 10.2. The van der Waals surface area contributed by atoms with Crippen LogP contribution in [0.25, 0.3) is 0 Å². The monoisotopic (exact) mass is 202 g/mol. The standard InChI is InChI=1S/C12H14N2O/c1-8-7-15-12(13-8)11-4-2-3-10(14-11)9-5-6-9/h2-4,8-9H,5-7H2,1H3/t8-/m1/s1. The van der Waals surface area contributed by atoms with Crippen molar-refractivity contribution in [2.75, 3.05) is 6.61 Å². The molecule has 0 spiro atoms. The Hall–Kier alpha value is -1.38. The van der Waals surface area contributed by atoms with E-state index in [1.807, 2.05) is 12.1 Å². The fourth-order valence-electron chi connectivity index (χ4n) is 1.79. The number of nitrogens with zero attached hydrogens (tertiary/aromatic N) is 2. The molecule has 1 aromatic rings. The molecule has 2 heterocycles. The third-order valence-electron chi connectivity index (χ3n) is 2.78. The molecule has 0 bridgehead atoms. The van der Waals surface area contributed by atoms with Crippen LogP contribution in [0, 0.1) is 0 Å². The Labute approximate surface area is 89.2 Å². The second-order valence-electron chi connectivity index (χ2n) is 4.32. The van der Waals surface area contributed by atoms with E-state index in [1.165, 1.54) is 18.5 Å². The molecule has 1 saturated carbocycles. The summed E-state index contributed by atoms with van der Waals surface area (Å²) < 4.78 is 5.49. The molecule has 3 heteroatoms. The average Bonchev–Trinajstić information content (AvgIpc) is 3.02. The Balaban J connectivity index is 1.91. The highest BCUT2D eigenvalue weighted by molar-refractivity contribution is 5.93. The first kappa shape index (κ1) is 8.89. The van der Waals surface area contributed by atoms with Gasteiger partial charge in [0.15, 0.2) is 0 Å². The van der Waals surface area contributed by atoms with Crippen LogP contribution in [0.1, 0.15) is 37.1 Å². The maximum absolute atomic E-state index is 5.49. The number of rotatable bonds is 2. The van der Waals surface area contributed by atoms with Gasteiger partial charge in [-0.25, -0.2) is 9.98 Å². The third-order valence-corrected chi connectivity index (χ3v) is 2.78. The van der Waals surface area contributed by atoms with Crippen LogP contribution in [0.2, 0.25) is 0 Å². The minimum absolute atomic E-state index is 0.270. The average molecular weight is 202 g/mol. The van der Waals surface area contributed by atoms with Crippen LogP contribution in [0.5, 0.6) is 0 Å². The first-order chi connectivity index (χ1) is 7.33. The molecular formula is C12H14N2O. The van der Waals surface area contributed by atoms with Crippen molar-refractivity contribution in [2.45, 2.75) is 31.7 Å². The van der Waals surface area contributed by atoms with Crippen LogP contribution < -0.4 is 0 Å². The number of aliphatic imine (C=N–C) groups is 1. The van der Waals surface area contributed by atoms with Crippen molar-refractivity contribution >= 4 is 5.90 Å². The summed E-state index contributed by atoms with van der Waals surface area (Å²) in [6.45, 7) is 2.74. The van der Waals surface area contributed by atoms with Gasteiger partial charge in [0.05, 0.1) is 6.04 Å². The van der Waals surface area contributed by atoms with Crippen molar-refractivity contribution < 1.29 is 4.74 Å². The molecule has 3 nitrogen and oxygen atoms in total. The second-order valence-corrected chi connectivity index (χ2v) is 4.32. The van der Waals surface area contributed by atoms with E-state index in [9.17, 15) is 0 Å². The summed E-state index contributed by atoms with van der Waals surface area (Å²) in [4.78, 5) is 9.01. The number of hydrogen-bond donors (Lipinski definition) is 0. The van der Waals surface area contributed by atoms with Crippen molar-refractivity contribution in [1.29, 1.82) is 0 Å². The molecular weight excluding hydrogens is 188 g/mol. The van der Waals surface area contributed by atoms with Gasteiger partial charge < -0.3 is 4.74 Å². The zero-order chi connectivity index (χ0) is 10.3. The van der Waals surface area contributed by atoms with Crippen molar-refractivity contribution in [1.82, 2.24) is 4.98 Å². The molecule has 1 aromatic heterocycles. The molecule has 3 rings (SSSR count). The smallest absolute Gasteiger partial charge is 0.235 e. The van der Waals surface area contributed by atoms with E-state index in [0.717, 1.165) is 5.69 Å². The first-order valence-electron chi connectivity index (χ1n) is 5.51. The quantitative estimate of drug-likeness (QED) is 0.736. The van der Waals surface area contributed by atoms with Crippen molar-refractivity contribution in [3.8, 4) is 0 Å². The molecule has 1 fully saturated rings. The van der Waals surface area contributed by atoms with Gasteiger partial charge in [0.1, 0.15) is 12.3 Å². The van der Waals surface area contributed by atoms with E-state index < -0.39 is 0 Å². The van der Waals surface area contributed by atoms with Crippen LogP contribution in [0.3, 0.4) is 0 Å². The normalized spacial score (nSPS) is 24.9. The predicted octanol–water partition coefficient (Wildman–Crippen LogP) is 2.12. The Bertz CT molecular complexity index is 410. The topological polar surface area (TPSA) is 34.5 Å². The van der Waals surface area contributed by atoms with Crippen LogP contribution in [0.4, 0.5) is 0 Å². The predicted molar refractivity (Wildman–Crippen MR) is 58.2 cm³/mol. The van der Waals surface area contributed by atoms with Gasteiger partial charge in [-0.1, -0.05) is 6.07 Å². The summed E-state index contributed by atoms with van der Waals surface area (Å²) in [5.41, 5.74) is 2.09. The first-order valence-corrected chi connectivity index (χ1v) is 5.51. The van der Waals surface area contributed by atoms with Crippen LogP contribution in [-0.2, 0) is 4.74 Å². The molecule has 1 atom stereocenters. The largest absolute Gasteiger partial charge is 0.474 e. The lowest BCUT2D eigenvalue weighted by molar-refractivity contribution is 0.323. The molecule has 1 aliphatic heterocycles. The van der Waals surface area contributed by atoms with Gasteiger partial charge in [0.25, 0.3) is 0 Å². The van der Waals surface area contributed by atoms with E-state index in [-0.39, 0.29) is 6.04 Å². The molecule has 15 heavy (non-hydrogen) atoms. The van der Waals surface area contributed by atoms with Crippen molar-refractivity contribution in [3.05, 3.63) is 29.6 Å². The summed E-state index contributed by atoms with van der Waals surface area (Å²) >= 11 is 0. The summed E-state index contributed by atoms with van der Waals surface area (Å²) in [6.07, 6.45) is 2.56. The lowest BCUT2D eigenvalue weighted by Crippen LogP contribution is -2.05. The highest BCUT2D eigenvalue weighted by atomic mass is 16.5. The molecule has 0 N–H and O–H groups in total. The summed E-state index contributed by atoms with van der Waals surface area (Å²) in [6, 6.07) is 6.39. The summed E-state index contributed by atoms with van der Waals surface area (Å²) in [5, 5.41) is 0. The van der Waals surface area contributed by atoms with E-state index in [4.69, 9.17) is 4.74 Å². The SMILES string of the molecule is C[C@@H]1COC(c2cccc(C3CC3)n2)=N1. The van der Waals surface area contributed by atoms with Gasteiger partial charge in [0.2, 0.25) is 5.90 Å². The second kappa shape index (κ2) is 3.33. The van der Waals surface area contributed by atoms with Gasteiger partial charge >= 0.3 is 0 Å². The molecule has 0 amide bonds. The molecule has 0 unspecified atom stereocenters. The molecule has 0 radical (unpaired) electrons. The highest BCUT2D eigenvalue weighted by Gasteiger charge is 2.26. The highest BCUT2D eigenvalue weighted by Crippen LogP contribution is 2.38. The number of aromatic nitrogens is 1. The minimum Gasteiger partial charge on any atom is -0.474 e. The van der Waals surface area contributed by atoms with Gasteiger partial charge in [-0.3, -0.25) is 0 Å². The lowest BCUT2D eigenvalue weighted by Gasteiger charge is -2.02. The molecule has 0 aromatic carbocycles. The fraction of sp³-hybridized carbons (Fsp3) is 0.500. The third kappa shape index (κ3) is 1.74. The molecule has 78 valence electrons. The Morgan fingerprint density at radius 2 is 2.20 bits per heavy atom. The number of pyridine rings is 1.